The maximum absolute atomic E-state index is 12.4. The number of anilines is 1. The van der Waals surface area contributed by atoms with Crippen molar-refractivity contribution in [3.8, 4) is 0 Å². The van der Waals surface area contributed by atoms with Crippen molar-refractivity contribution >= 4 is 17.6 Å². The van der Waals surface area contributed by atoms with E-state index in [-0.39, 0.29) is 29.9 Å². The highest BCUT2D eigenvalue weighted by Gasteiger charge is 2.28. The van der Waals surface area contributed by atoms with Crippen LogP contribution in [-0.4, -0.2) is 33.2 Å². The number of hydrogen-bond donors (Lipinski definition) is 1. The van der Waals surface area contributed by atoms with E-state index in [2.05, 4.69) is 15.3 Å². The molecule has 0 saturated carbocycles. The fraction of sp³-hybridized carbons (Fsp3) is 0.143. The molecule has 2 amide bonds. The Kier molecular flexibility index (Phi) is 3.12. The molecule has 1 aromatic heterocycles. The van der Waals surface area contributed by atoms with Gasteiger partial charge in [-0.2, -0.15) is 0 Å². The Labute approximate surface area is 115 Å². The molecule has 1 aromatic carbocycles. The molecule has 100 valence electrons. The van der Waals surface area contributed by atoms with Crippen LogP contribution in [0, 0.1) is 0 Å². The molecule has 0 radical (unpaired) electrons. The lowest BCUT2D eigenvalue weighted by Crippen LogP contribution is -2.34. The zero-order valence-electron chi connectivity index (χ0n) is 10.6. The summed E-state index contributed by atoms with van der Waals surface area (Å²) in [4.78, 5) is 33.7. The fourth-order valence-electron chi connectivity index (χ4n) is 2.08. The average molecular weight is 268 g/mol. The lowest BCUT2D eigenvalue weighted by Gasteiger charge is -2.18. The summed E-state index contributed by atoms with van der Waals surface area (Å²) in [7, 11) is 0. The SMILES string of the molecule is O=C1CN(Cc2ccccc2)C(=O)c2nccnc2N1. The van der Waals surface area contributed by atoms with E-state index in [1.165, 1.54) is 17.3 Å². The van der Waals surface area contributed by atoms with Gasteiger partial charge in [0.1, 0.15) is 6.54 Å². The quantitative estimate of drug-likeness (QED) is 0.884. The van der Waals surface area contributed by atoms with E-state index in [4.69, 9.17) is 0 Å². The maximum Gasteiger partial charge on any atom is 0.277 e. The first-order valence-corrected chi connectivity index (χ1v) is 6.18. The fourth-order valence-corrected chi connectivity index (χ4v) is 2.08. The van der Waals surface area contributed by atoms with Gasteiger partial charge < -0.3 is 10.2 Å². The van der Waals surface area contributed by atoms with Gasteiger partial charge in [0.2, 0.25) is 5.91 Å². The van der Waals surface area contributed by atoms with Crippen LogP contribution >= 0.6 is 0 Å². The second-order valence-electron chi connectivity index (χ2n) is 4.45. The van der Waals surface area contributed by atoms with Crippen LogP contribution in [0.15, 0.2) is 42.7 Å². The Hall–Kier alpha value is -2.76. The van der Waals surface area contributed by atoms with Gasteiger partial charge in [0, 0.05) is 18.9 Å². The molecule has 6 heteroatoms. The first-order chi connectivity index (χ1) is 9.74. The molecule has 1 aliphatic heterocycles. The van der Waals surface area contributed by atoms with E-state index in [0.29, 0.717) is 6.54 Å². The molecule has 0 fully saturated rings. The number of rotatable bonds is 2. The number of carbonyl (C=O) groups excluding carboxylic acids is 2. The summed E-state index contributed by atoms with van der Waals surface area (Å²) in [5.74, 6) is -0.345. The van der Waals surface area contributed by atoms with Crippen LogP contribution in [0.25, 0.3) is 0 Å². The van der Waals surface area contributed by atoms with Crippen LogP contribution in [0.4, 0.5) is 5.82 Å². The summed E-state index contributed by atoms with van der Waals surface area (Å²) < 4.78 is 0. The summed E-state index contributed by atoms with van der Waals surface area (Å²) in [5.41, 5.74) is 1.13. The number of nitrogens with zero attached hydrogens (tertiary/aromatic N) is 3. The van der Waals surface area contributed by atoms with Crippen molar-refractivity contribution in [2.24, 2.45) is 0 Å². The molecule has 1 N–H and O–H groups in total. The number of fused-ring (bicyclic) bond motifs is 1. The third-order valence-electron chi connectivity index (χ3n) is 3.00. The minimum Gasteiger partial charge on any atom is -0.324 e. The third kappa shape index (κ3) is 2.35. The van der Waals surface area contributed by atoms with Crippen molar-refractivity contribution in [3.05, 3.63) is 54.0 Å². The van der Waals surface area contributed by atoms with Gasteiger partial charge in [0.25, 0.3) is 5.91 Å². The Balaban J connectivity index is 1.92. The third-order valence-corrected chi connectivity index (χ3v) is 3.00. The van der Waals surface area contributed by atoms with Crippen molar-refractivity contribution in [2.75, 3.05) is 11.9 Å². The predicted octanol–water partition coefficient (Wildman–Crippen LogP) is 1.07. The molecular formula is C14H12N4O2. The molecule has 0 spiro atoms. The number of amides is 2. The Bertz CT molecular complexity index is 657. The second kappa shape index (κ2) is 5.08. The van der Waals surface area contributed by atoms with E-state index in [9.17, 15) is 9.59 Å². The highest BCUT2D eigenvalue weighted by atomic mass is 16.2. The molecule has 0 atom stereocenters. The predicted molar refractivity (Wildman–Crippen MR) is 71.8 cm³/mol. The van der Waals surface area contributed by atoms with Gasteiger partial charge in [0.05, 0.1) is 0 Å². The van der Waals surface area contributed by atoms with Gasteiger partial charge in [0.15, 0.2) is 11.5 Å². The van der Waals surface area contributed by atoms with Crippen molar-refractivity contribution in [3.63, 3.8) is 0 Å². The largest absolute Gasteiger partial charge is 0.324 e. The maximum atomic E-state index is 12.4. The smallest absolute Gasteiger partial charge is 0.277 e. The van der Waals surface area contributed by atoms with Gasteiger partial charge in [-0.3, -0.25) is 9.59 Å². The van der Waals surface area contributed by atoms with Crippen molar-refractivity contribution in [1.29, 1.82) is 0 Å². The molecule has 20 heavy (non-hydrogen) atoms. The van der Waals surface area contributed by atoms with Crippen LogP contribution < -0.4 is 5.32 Å². The van der Waals surface area contributed by atoms with Crippen molar-refractivity contribution in [2.45, 2.75) is 6.54 Å². The van der Waals surface area contributed by atoms with Gasteiger partial charge in [-0.05, 0) is 5.56 Å². The number of aromatic nitrogens is 2. The van der Waals surface area contributed by atoms with E-state index >= 15 is 0 Å². The van der Waals surface area contributed by atoms with Gasteiger partial charge in [-0.25, -0.2) is 9.97 Å². The van der Waals surface area contributed by atoms with Crippen LogP contribution in [-0.2, 0) is 11.3 Å². The lowest BCUT2D eigenvalue weighted by atomic mass is 10.2. The van der Waals surface area contributed by atoms with Gasteiger partial charge >= 0.3 is 0 Å². The first kappa shape index (κ1) is 12.3. The zero-order valence-corrected chi connectivity index (χ0v) is 10.6. The molecule has 6 nitrogen and oxygen atoms in total. The van der Waals surface area contributed by atoms with E-state index < -0.39 is 0 Å². The molecule has 2 heterocycles. The Morgan fingerprint density at radius 3 is 2.65 bits per heavy atom. The van der Waals surface area contributed by atoms with Gasteiger partial charge in [-0.15, -0.1) is 0 Å². The Morgan fingerprint density at radius 1 is 1.10 bits per heavy atom. The number of benzene rings is 1. The molecule has 0 bridgehead atoms. The Morgan fingerprint density at radius 2 is 1.85 bits per heavy atom. The molecule has 0 aliphatic carbocycles. The standard InChI is InChI=1S/C14H12N4O2/c19-11-9-18(8-10-4-2-1-3-5-10)14(20)12-13(17-11)16-7-6-15-12/h1-7H,8-9H2,(H,16,17,19). The summed E-state index contributed by atoms with van der Waals surface area (Å²) >= 11 is 0. The minimum atomic E-state index is -0.296. The molecule has 2 aromatic rings. The monoisotopic (exact) mass is 268 g/mol. The topological polar surface area (TPSA) is 75.2 Å². The van der Waals surface area contributed by atoms with Crippen LogP contribution in [0.3, 0.4) is 0 Å². The van der Waals surface area contributed by atoms with Crippen LogP contribution in [0.5, 0.6) is 0 Å². The summed E-state index contributed by atoms with van der Waals surface area (Å²) in [6, 6.07) is 9.51. The molecule has 0 unspecified atom stereocenters. The summed E-state index contributed by atoms with van der Waals surface area (Å²) in [5, 5.41) is 2.59. The first-order valence-electron chi connectivity index (χ1n) is 6.18. The van der Waals surface area contributed by atoms with Crippen molar-refractivity contribution in [1.82, 2.24) is 14.9 Å². The number of carbonyl (C=O) groups is 2. The van der Waals surface area contributed by atoms with E-state index in [1.807, 2.05) is 30.3 Å². The number of nitrogens with one attached hydrogen (secondary N) is 1. The molecular weight excluding hydrogens is 256 g/mol. The highest BCUT2D eigenvalue weighted by molar-refractivity contribution is 6.06. The second-order valence-corrected chi connectivity index (χ2v) is 4.45. The lowest BCUT2D eigenvalue weighted by molar-refractivity contribution is -0.116. The molecule has 3 rings (SSSR count). The summed E-state index contributed by atoms with van der Waals surface area (Å²) in [6.45, 7) is 0.356. The molecule has 0 saturated heterocycles. The number of hydrogen-bond acceptors (Lipinski definition) is 4. The van der Waals surface area contributed by atoms with Crippen LogP contribution in [0.2, 0.25) is 0 Å². The zero-order chi connectivity index (χ0) is 13.9. The normalized spacial score (nSPS) is 14.5. The van der Waals surface area contributed by atoms with E-state index in [1.54, 1.807) is 0 Å². The van der Waals surface area contributed by atoms with Crippen molar-refractivity contribution < 1.29 is 9.59 Å². The van der Waals surface area contributed by atoms with Crippen LogP contribution in [0.1, 0.15) is 16.1 Å². The highest BCUT2D eigenvalue weighted by Crippen LogP contribution is 2.17. The van der Waals surface area contributed by atoms with Gasteiger partial charge in [-0.1, -0.05) is 30.3 Å². The molecule has 1 aliphatic rings. The summed E-state index contributed by atoms with van der Waals surface area (Å²) in [6.07, 6.45) is 2.88. The minimum absolute atomic E-state index is 0.00817. The average Bonchev–Trinajstić information content (AvgIpc) is 2.58. The van der Waals surface area contributed by atoms with E-state index in [0.717, 1.165) is 5.56 Å².